The molecule has 1 amide bonds. The van der Waals surface area contributed by atoms with Crippen molar-refractivity contribution >= 4 is 11.9 Å². The number of hydrogen-bond donors (Lipinski definition) is 1. The Kier molecular flexibility index (Phi) is 7.87. The van der Waals surface area contributed by atoms with E-state index in [4.69, 9.17) is 9.47 Å². The topological polar surface area (TPSA) is 67.9 Å². The molecular formula is C17H31NO4. The average molecular weight is 313 g/mol. The first-order valence-corrected chi connectivity index (χ1v) is 8.47. The number of esters is 1. The van der Waals surface area contributed by atoms with E-state index in [-0.39, 0.29) is 11.9 Å². The molecular weight excluding hydrogens is 282 g/mol. The van der Waals surface area contributed by atoms with Gasteiger partial charge in [0.1, 0.15) is 0 Å². The highest BCUT2D eigenvalue weighted by Crippen LogP contribution is 2.24. The standard InChI is InChI=1S/C17H31NO4/c1-6-21-17(20)15-14(22-15)16(19)18-13(9-7-11(2)3)10-8-12(4)5/h11-15H,6-10H2,1-5H3,(H,18,19)/t14-,15-/m0/s1. The molecule has 0 aromatic heterocycles. The van der Waals surface area contributed by atoms with Crippen LogP contribution in [0.25, 0.3) is 0 Å². The highest BCUT2D eigenvalue weighted by atomic mass is 16.6. The molecule has 0 aromatic rings. The summed E-state index contributed by atoms with van der Waals surface area (Å²) in [4.78, 5) is 23.7. The molecule has 5 nitrogen and oxygen atoms in total. The van der Waals surface area contributed by atoms with Crippen LogP contribution in [0.2, 0.25) is 0 Å². The van der Waals surface area contributed by atoms with Crippen LogP contribution in [0.3, 0.4) is 0 Å². The van der Waals surface area contributed by atoms with Gasteiger partial charge in [0.25, 0.3) is 5.91 Å². The second kappa shape index (κ2) is 9.13. The van der Waals surface area contributed by atoms with Gasteiger partial charge in [0.2, 0.25) is 0 Å². The fourth-order valence-electron chi connectivity index (χ4n) is 2.36. The second-order valence-corrected chi connectivity index (χ2v) is 6.88. The van der Waals surface area contributed by atoms with Crippen molar-refractivity contribution in [3.63, 3.8) is 0 Å². The maximum atomic E-state index is 12.2. The summed E-state index contributed by atoms with van der Waals surface area (Å²) < 4.78 is 10.0. The first kappa shape index (κ1) is 18.9. The lowest BCUT2D eigenvalue weighted by molar-refractivity contribution is -0.144. The normalized spacial score (nSPS) is 20.5. The molecule has 1 aliphatic heterocycles. The van der Waals surface area contributed by atoms with Crippen LogP contribution in [0.5, 0.6) is 0 Å². The molecule has 1 N–H and O–H groups in total. The monoisotopic (exact) mass is 313 g/mol. The summed E-state index contributed by atoms with van der Waals surface area (Å²) in [5.74, 6) is 0.602. The van der Waals surface area contributed by atoms with E-state index in [1.165, 1.54) is 0 Å². The Morgan fingerprint density at radius 3 is 2.00 bits per heavy atom. The molecule has 1 fully saturated rings. The van der Waals surface area contributed by atoms with Crippen LogP contribution < -0.4 is 5.32 Å². The van der Waals surface area contributed by atoms with Gasteiger partial charge in [-0.05, 0) is 44.4 Å². The Morgan fingerprint density at radius 1 is 1.00 bits per heavy atom. The molecule has 128 valence electrons. The quantitative estimate of drug-likeness (QED) is 0.497. The van der Waals surface area contributed by atoms with Crippen molar-refractivity contribution in [2.75, 3.05) is 6.61 Å². The summed E-state index contributed by atoms with van der Waals surface area (Å²) in [7, 11) is 0. The van der Waals surface area contributed by atoms with Crippen LogP contribution in [0, 0.1) is 11.8 Å². The SMILES string of the molecule is CCOC(=O)[C@H]1O[C@@H]1C(=O)NC(CCC(C)C)CCC(C)C. The highest BCUT2D eigenvalue weighted by molar-refractivity contribution is 5.92. The van der Waals surface area contributed by atoms with E-state index in [1.807, 2.05) is 0 Å². The Labute approximate surface area is 134 Å². The molecule has 0 radical (unpaired) electrons. The molecule has 1 aliphatic rings. The minimum atomic E-state index is -0.712. The lowest BCUT2D eigenvalue weighted by atomic mass is 9.96. The van der Waals surface area contributed by atoms with Gasteiger partial charge in [-0.1, -0.05) is 27.7 Å². The first-order chi connectivity index (χ1) is 10.3. The van der Waals surface area contributed by atoms with Crippen LogP contribution in [-0.4, -0.2) is 36.7 Å². The van der Waals surface area contributed by atoms with E-state index in [9.17, 15) is 9.59 Å². The van der Waals surface area contributed by atoms with Gasteiger partial charge < -0.3 is 14.8 Å². The lowest BCUT2D eigenvalue weighted by Gasteiger charge is -2.20. The largest absolute Gasteiger partial charge is 0.464 e. The van der Waals surface area contributed by atoms with Crippen LogP contribution >= 0.6 is 0 Å². The Bertz CT molecular complexity index is 356. The fraction of sp³-hybridized carbons (Fsp3) is 0.882. The fourth-order valence-corrected chi connectivity index (χ4v) is 2.36. The Morgan fingerprint density at radius 2 is 1.55 bits per heavy atom. The number of nitrogens with one attached hydrogen (secondary N) is 1. The zero-order chi connectivity index (χ0) is 16.7. The smallest absolute Gasteiger partial charge is 0.338 e. The molecule has 2 atom stereocenters. The van der Waals surface area contributed by atoms with Crippen molar-refractivity contribution in [1.82, 2.24) is 5.32 Å². The van der Waals surface area contributed by atoms with Crippen molar-refractivity contribution < 1.29 is 19.1 Å². The van der Waals surface area contributed by atoms with Crippen LogP contribution in [0.4, 0.5) is 0 Å². The van der Waals surface area contributed by atoms with Crippen LogP contribution in [-0.2, 0) is 19.1 Å². The number of amides is 1. The minimum Gasteiger partial charge on any atom is -0.464 e. The van der Waals surface area contributed by atoms with E-state index >= 15 is 0 Å². The number of carbonyl (C=O) groups excluding carboxylic acids is 2. The number of hydrogen-bond acceptors (Lipinski definition) is 4. The van der Waals surface area contributed by atoms with E-state index < -0.39 is 18.2 Å². The average Bonchev–Trinajstić information content (AvgIpc) is 3.22. The Hall–Kier alpha value is -1.10. The van der Waals surface area contributed by atoms with Gasteiger partial charge in [-0.25, -0.2) is 4.79 Å². The highest BCUT2D eigenvalue weighted by Gasteiger charge is 2.51. The third-order valence-electron chi connectivity index (χ3n) is 3.80. The van der Waals surface area contributed by atoms with Gasteiger partial charge in [0.05, 0.1) is 6.61 Å². The Balaban J connectivity index is 2.43. The predicted octanol–water partition coefficient (Wildman–Crippen LogP) is 2.67. The van der Waals surface area contributed by atoms with Crippen LogP contribution in [0.1, 0.15) is 60.3 Å². The summed E-state index contributed by atoms with van der Waals surface area (Å²) >= 11 is 0. The molecule has 0 unspecified atom stereocenters. The van der Waals surface area contributed by atoms with Gasteiger partial charge in [0, 0.05) is 6.04 Å². The summed E-state index contributed by atoms with van der Waals surface area (Å²) in [6, 6.07) is 0.157. The summed E-state index contributed by atoms with van der Waals surface area (Å²) in [6.07, 6.45) is 2.71. The molecule has 0 bridgehead atoms. The van der Waals surface area contributed by atoms with E-state index in [2.05, 4.69) is 33.0 Å². The van der Waals surface area contributed by atoms with Gasteiger partial charge in [-0.3, -0.25) is 4.79 Å². The van der Waals surface area contributed by atoms with Crippen molar-refractivity contribution in [1.29, 1.82) is 0 Å². The van der Waals surface area contributed by atoms with Crippen molar-refractivity contribution in [3.05, 3.63) is 0 Å². The number of carbonyl (C=O) groups is 2. The number of epoxide rings is 1. The maximum Gasteiger partial charge on any atom is 0.338 e. The maximum absolute atomic E-state index is 12.2. The zero-order valence-corrected chi connectivity index (χ0v) is 14.6. The second-order valence-electron chi connectivity index (χ2n) is 6.88. The van der Waals surface area contributed by atoms with Crippen molar-refractivity contribution in [2.24, 2.45) is 11.8 Å². The number of ether oxygens (including phenoxy) is 2. The molecule has 0 saturated carbocycles. The molecule has 5 heteroatoms. The molecule has 22 heavy (non-hydrogen) atoms. The van der Waals surface area contributed by atoms with Gasteiger partial charge >= 0.3 is 5.97 Å². The molecule has 1 rings (SSSR count). The first-order valence-electron chi connectivity index (χ1n) is 8.47. The third-order valence-corrected chi connectivity index (χ3v) is 3.80. The van der Waals surface area contributed by atoms with Crippen molar-refractivity contribution in [3.8, 4) is 0 Å². The van der Waals surface area contributed by atoms with Crippen LogP contribution in [0.15, 0.2) is 0 Å². The van der Waals surface area contributed by atoms with E-state index in [0.29, 0.717) is 18.4 Å². The summed E-state index contributed by atoms with van der Waals surface area (Å²) in [5, 5.41) is 3.04. The molecule has 1 saturated heterocycles. The van der Waals surface area contributed by atoms with E-state index in [0.717, 1.165) is 25.7 Å². The molecule has 0 spiro atoms. The number of rotatable bonds is 10. The van der Waals surface area contributed by atoms with Gasteiger partial charge in [-0.2, -0.15) is 0 Å². The van der Waals surface area contributed by atoms with Gasteiger partial charge in [-0.15, -0.1) is 0 Å². The third kappa shape index (κ3) is 6.77. The molecule has 0 aromatic carbocycles. The predicted molar refractivity (Wildman–Crippen MR) is 85.4 cm³/mol. The van der Waals surface area contributed by atoms with E-state index in [1.54, 1.807) is 6.92 Å². The zero-order valence-electron chi connectivity index (χ0n) is 14.6. The van der Waals surface area contributed by atoms with Gasteiger partial charge in [0.15, 0.2) is 12.2 Å². The molecule has 0 aliphatic carbocycles. The summed E-state index contributed by atoms with van der Waals surface area (Å²) in [5.41, 5.74) is 0. The lowest BCUT2D eigenvalue weighted by Crippen LogP contribution is -2.39. The summed E-state index contributed by atoms with van der Waals surface area (Å²) in [6.45, 7) is 10.8. The van der Waals surface area contributed by atoms with Crippen molar-refractivity contribution in [2.45, 2.75) is 78.6 Å². The minimum absolute atomic E-state index is 0.157. The molecule has 1 heterocycles.